The first-order valence-electron chi connectivity index (χ1n) is 4.54. The van der Waals surface area contributed by atoms with Gasteiger partial charge in [0.15, 0.2) is 6.10 Å². The molecule has 4 nitrogen and oxygen atoms in total. The second-order valence-electron chi connectivity index (χ2n) is 3.70. The maximum absolute atomic E-state index is 11.2. The van der Waals surface area contributed by atoms with Crippen LogP contribution in [0.1, 0.15) is 13.3 Å². The molecule has 0 amide bonds. The van der Waals surface area contributed by atoms with Crippen LogP contribution in [0.2, 0.25) is 0 Å². The fourth-order valence-corrected chi connectivity index (χ4v) is 1.98. The fourth-order valence-electron chi connectivity index (χ4n) is 1.98. The molecule has 2 aliphatic rings. The molecular weight excluding hydrogens is 172 g/mol. The van der Waals surface area contributed by atoms with Gasteiger partial charge in [0, 0.05) is 18.9 Å². The van der Waals surface area contributed by atoms with Crippen LogP contribution in [0, 0.1) is 5.92 Å². The highest BCUT2D eigenvalue weighted by Crippen LogP contribution is 2.48. The Morgan fingerprint density at radius 2 is 2.38 bits per heavy atom. The van der Waals surface area contributed by atoms with Crippen LogP contribution in [-0.2, 0) is 19.0 Å². The van der Waals surface area contributed by atoms with Crippen LogP contribution in [-0.4, -0.2) is 38.0 Å². The van der Waals surface area contributed by atoms with Crippen LogP contribution in [0.5, 0.6) is 0 Å². The van der Waals surface area contributed by atoms with Crippen molar-refractivity contribution in [3.63, 3.8) is 0 Å². The van der Waals surface area contributed by atoms with Gasteiger partial charge >= 0.3 is 5.97 Å². The zero-order valence-electron chi connectivity index (χ0n) is 7.91. The first-order chi connectivity index (χ1) is 6.20. The lowest BCUT2D eigenvalue weighted by molar-refractivity contribution is -0.142. The molecule has 0 saturated carbocycles. The summed E-state index contributed by atoms with van der Waals surface area (Å²) in [6.45, 7) is 3.40. The van der Waals surface area contributed by atoms with Gasteiger partial charge in [0.25, 0.3) is 0 Å². The van der Waals surface area contributed by atoms with Crippen molar-refractivity contribution < 1.29 is 19.0 Å². The molecule has 0 aromatic carbocycles. The summed E-state index contributed by atoms with van der Waals surface area (Å²) in [5.41, 5.74) is -0.272. The Labute approximate surface area is 77.1 Å². The van der Waals surface area contributed by atoms with E-state index in [2.05, 4.69) is 4.74 Å². The molecule has 2 aliphatic heterocycles. The molecule has 3 unspecified atom stereocenters. The number of methoxy groups -OCH3 is 1. The number of ether oxygens (including phenoxy) is 3. The lowest BCUT2D eigenvalue weighted by Gasteiger charge is -2.25. The molecule has 0 N–H and O–H groups in total. The quantitative estimate of drug-likeness (QED) is 0.438. The van der Waals surface area contributed by atoms with Crippen LogP contribution in [0.4, 0.5) is 0 Å². The molecule has 2 fully saturated rings. The first kappa shape index (κ1) is 8.97. The van der Waals surface area contributed by atoms with Crippen molar-refractivity contribution in [1.82, 2.24) is 0 Å². The predicted molar refractivity (Wildman–Crippen MR) is 44.2 cm³/mol. The minimum Gasteiger partial charge on any atom is -0.467 e. The monoisotopic (exact) mass is 186 g/mol. The summed E-state index contributed by atoms with van der Waals surface area (Å²) in [5.74, 6) is 0.0269. The van der Waals surface area contributed by atoms with Crippen molar-refractivity contribution in [2.75, 3.05) is 20.3 Å². The van der Waals surface area contributed by atoms with Gasteiger partial charge in [-0.15, -0.1) is 0 Å². The predicted octanol–water partition coefficient (Wildman–Crippen LogP) is 0.353. The summed E-state index contributed by atoms with van der Waals surface area (Å²) in [7, 11) is 1.39. The van der Waals surface area contributed by atoms with Gasteiger partial charge in [-0.25, -0.2) is 4.79 Å². The van der Waals surface area contributed by atoms with Crippen LogP contribution < -0.4 is 0 Å². The summed E-state index contributed by atoms with van der Waals surface area (Å²) < 4.78 is 15.4. The maximum atomic E-state index is 11.2. The molecule has 0 aromatic heterocycles. The van der Waals surface area contributed by atoms with Gasteiger partial charge in [-0.3, -0.25) is 0 Å². The van der Waals surface area contributed by atoms with Gasteiger partial charge in [-0.05, 0) is 0 Å². The smallest absolute Gasteiger partial charge is 0.338 e. The minimum absolute atomic E-state index is 0.256. The van der Waals surface area contributed by atoms with Crippen LogP contribution in [0.3, 0.4) is 0 Å². The molecule has 74 valence electrons. The fraction of sp³-hybridized carbons (Fsp3) is 0.889. The molecule has 4 heteroatoms. The van der Waals surface area contributed by atoms with E-state index in [4.69, 9.17) is 9.47 Å². The second-order valence-corrected chi connectivity index (χ2v) is 3.70. The van der Waals surface area contributed by atoms with Crippen molar-refractivity contribution in [1.29, 1.82) is 0 Å². The van der Waals surface area contributed by atoms with Crippen LogP contribution in [0.15, 0.2) is 0 Å². The van der Waals surface area contributed by atoms with Gasteiger partial charge in [0.1, 0.15) is 5.60 Å². The average molecular weight is 186 g/mol. The van der Waals surface area contributed by atoms with E-state index >= 15 is 0 Å². The number of hydrogen-bond donors (Lipinski definition) is 0. The van der Waals surface area contributed by atoms with Gasteiger partial charge < -0.3 is 14.2 Å². The maximum Gasteiger partial charge on any atom is 0.338 e. The van der Waals surface area contributed by atoms with E-state index in [0.717, 1.165) is 6.42 Å². The van der Waals surface area contributed by atoms with E-state index in [-0.39, 0.29) is 23.6 Å². The highest BCUT2D eigenvalue weighted by Gasteiger charge is 2.65. The number of rotatable bonds is 1. The number of carbonyl (C=O) groups excluding carboxylic acids is 1. The third-order valence-electron chi connectivity index (χ3n) is 2.98. The zero-order chi connectivity index (χ0) is 9.47. The van der Waals surface area contributed by atoms with Crippen molar-refractivity contribution in [3.05, 3.63) is 0 Å². The van der Waals surface area contributed by atoms with Gasteiger partial charge in [-0.1, -0.05) is 6.92 Å². The van der Waals surface area contributed by atoms with E-state index in [1.54, 1.807) is 0 Å². The Kier molecular flexibility index (Phi) is 2.04. The standard InChI is InChI=1S/C9H14O4/c1-6-5-12-4-3-9(6)7(13-9)8(10)11-2/h6-7H,3-5H2,1-2H3. The highest BCUT2D eigenvalue weighted by atomic mass is 16.7. The molecular formula is C9H14O4. The van der Waals surface area contributed by atoms with Crippen molar-refractivity contribution in [2.45, 2.75) is 25.0 Å². The molecule has 13 heavy (non-hydrogen) atoms. The molecule has 1 spiro atoms. The zero-order valence-corrected chi connectivity index (χ0v) is 7.91. The second kappa shape index (κ2) is 2.96. The third kappa shape index (κ3) is 1.25. The van der Waals surface area contributed by atoms with E-state index in [9.17, 15) is 4.79 Å². The van der Waals surface area contributed by atoms with Crippen LogP contribution in [0.25, 0.3) is 0 Å². The summed E-state index contributed by atoms with van der Waals surface area (Å²) in [6, 6.07) is 0. The Bertz CT molecular complexity index is 228. The molecule has 3 atom stereocenters. The van der Waals surface area contributed by atoms with Crippen molar-refractivity contribution in [2.24, 2.45) is 5.92 Å². The number of hydrogen-bond acceptors (Lipinski definition) is 4. The van der Waals surface area contributed by atoms with Gasteiger partial charge in [0.2, 0.25) is 0 Å². The molecule has 2 rings (SSSR count). The van der Waals surface area contributed by atoms with Crippen LogP contribution >= 0.6 is 0 Å². The Morgan fingerprint density at radius 3 is 3.00 bits per heavy atom. The molecule has 0 aromatic rings. The number of epoxide rings is 1. The molecule has 2 heterocycles. The van der Waals surface area contributed by atoms with E-state index in [1.807, 2.05) is 6.92 Å². The van der Waals surface area contributed by atoms with Gasteiger partial charge in [-0.2, -0.15) is 0 Å². The molecule has 0 radical (unpaired) electrons. The number of esters is 1. The van der Waals surface area contributed by atoms with E-state index < -0.39 is 0 Å². The minimum atomic E-state index is -0.351. The molecule has 0 aliphatic carbocycles. The van der Waals surface area contributed by atoms with Crippen molar-refractivity contribution in [3.8, 4) is 0 Å². The largest absolute Gasteiger partial charge is 0.467 e. The summed E-state index contributed by atoms with van der Waals surface area (Å²) in [4.78, 5) is 11.2. The van der Waals surface area contributed by atoms with Gasteiger partial charge in [0.05, 0.1) is 13.7 Å². The van der Waals surface area contributed by atoms with E-state index in [0.29, 0.717) is 13.2 Å². The van der Waals surface area contributed by atoms with Crippen molar-refractivity contribution >= 4 is 5.97 Å². The normalized spacial score (nSPS) is 43.2. The Hall–Kier alpha value is -0.610. The summed E-state index contributed by atoms with van der Waals surface area (Å²) in [5, 5.41) is 0. The molecule has 2 saturated heterocycles. The summed E-state index contributed by atoms with van der Waals surface area (Å²) in [6.07, 6.45) is 0.449. The third-order valence-corrected chi connectivity index (χ3v) is 2.98. The SMILES string of the molecule is COC(=O)C1OC12CCOCC2C. The topological polar surface area (TPSA) is 48.1 Å². The van der Waals surface area contributed by atoms with E-state index in [1.165, 1.54) is 7.11 Å². The first-order valence-corrected chi connectivity index (χ1v) is 4.54. The summed E-state index contributed by atoms with van der Waals surface area (Å²) >= 11 is 0. The highest BCUT2D eigenvalue weighted by molar-refractivity contribution is 5.79. The number of carbonyl (C=O) groups is 1. The lowest BCUT2D eigenvalue weighted by Crippen LogP contribution is -2.37. The molecule has 0 bridgehead atoms. The lowest BCUT2D eigenvalue weighted by atomic mass is 9.86. The Balaban J connectivity index is 2.03. The Morgan fingerprint density at radius 1 is 1.62 bits per heavy atom. The average Bonchev–Trinajstić information content (AvgIpc) is 2.85.